The van der Waals surface area contributed by atoms with Crippen molar-refractivity contribution in [2.45, 2.75) is 18.8 Å². The number of para-hydroxylation sites is 1. The van der Waals surface area contributed by atoms with Crippen molar-refractivity contribution in [2.75, 3.05) is 13.1 Å². The lowest BCUT2D eigenvalue weighted by Crippen LogP contribution is -2.26. The van der Waals surface area contributed by atoms with Gasteiger partial charge in [-0.05, 0) is 32.0 Å². The third-order valence-electron chi connectivity index (χ3n) is 3.60. The highest BCUT2D eigenvalue weighted by Gasteiger charge is 2.21. The molecule has 90 valence electrons. The Bertz CT molecular complexity index is 541. The van der Waals surface area contributed by atoms with Crippen LogP contribution in [-0.4, -0.2) is 28.0 Å². The third-order valence-corrected chi connectivity index (χ3v) is 3.60. The van der Waals surface area contributed by atoms with Gasteiger partial charge in [0.25, 0.3) is 0 Å². The van der Waals surface area contributed by atoms with E-state index < -0.39 is 0 Å². The highest BCUT2D eigenvalue weighted by Crippen LogP contribution is 2.33. The van der Waals surface area contributed by atoms with Crippen LogP contribution >= 0.6 is 0 Å². The molecule has 1 saturated heterocycles. The lowest BCUT2D eigenvalue weighted by atomic mass is 9.92. The first kappa shape index (κ1) is 10.6. The lowest BCUT2D eigenvalue weighted by Gasteiger charge is -2.21. The molecule has 1 fully saturated rings. The number of aromatic nitrogens is 2. The van der Waals surface area contributed by atoms with E-state index in [1.165, 1.54) is 0 Å². The van der Waals surface area contributed by atoms with Gasteiger partial charge in [-0.3, -0.25) is 4.68 Å². The average molecular weight is 231 g/mol. The van der Waals surface area contributed by atoms with Crippen LogP contribution in [0, 0.1) is 0 Å². The van der Waals surface area contributed by atoms with E-state index in [2.05, 4.69) is 16.5 Å². The molecule has 4 heteroatoms. The molecule has 3 rings (SSSR count). The molecule has 0 aliphatic carbocycles. The summed E-state index contributed by atoms with van der Waals surface area (Å²) in [7, 11) is 1.90. The van der Waals surface area contributed by atoms with E-state index in [0.717, 1.165) is 42.5 Å². The number of hydrogen-bond acceptors (Lipinski definition) is 3. The molecule has 1 aliphatic rings. The Morgan fingerprint density at radius 1 is 1.35 bits per heavy atom. The molecule has 0 radical (unpaired) electrons. The second-order valence-electron chi connectivity index (χ2n) is 4.71. The van der Waals surface area contributed by atoms with Crippen molar-refractivity contribution in [3.8, 4) is 5.75 Å². The average Bonchev–Trinajstić information content (AvgIpc) is 2.69. The fraction of sp³-hybridized carbons (Fsp3) is 0.462. The number of aromatic hydroxyl groups is 1. The van der Waals surface area contributed by atoms with Gasteiger partial charge in [-0.1, -0.05) is 12.1 Å². The summed E-state index contributed by atoms with van der Waals surface area (Å²) in [5, 5.41) is 19.0. The largest absolute Gasteiger partial charge is 0.506 e. The number of benzene rings is 1. The fourth-order valence-corrected chi connectivity index (χ4v) is 2.74. The van der Waals surface area contributed by atoms with Crippen LogP contribution in [0.3, 0.4) is 0 Å². The van der Waals surface area contributed by atoms with Crippen molar-refractivity contribution >= 4 is 10.9 Å². The maximum atomic E-state index is 9.89. The van der Waals surface area contributed by atoms with E-state index in [4.69, 9.17) is 0 Å². The van der Waals surface area contributed by atoms with Crippen LogP contribution in [0.25, 0.3) is 10.9 Å². The van der Waals surface area contributed by atoms with Gasteiger partial charge in [0.1, 0.15) is 11.3 Å². The van der Waals surface area contributed by atoms with Gasteiger partial charge in [-0.15, -0.1) is 0 Å². The Labute approximate surface area is 100 Å². The molecule has 0 unspecified atom stereocenters. The Hall–Kier alpha value is -1.55. The standard InChI is InChI=1S/C13H17N3O/c1-16-13-10(3-2-4-11(13)17)12(15-16)9-5-7-14-8-6-9/h2-4,9,14,17H,5-8H2,1H3. The summed E-state index contributed by atoms with van der Waals surface area (Å²) in [5.41, 5.74) is 1.99. The van der Waals surface area contributed by atoms with Gasteiger partial charge in [0.15, 0.2) is 0 Å². The van der Waals surface area contributed by atoms with Crippen LogP contribution in [0.1, 0.15) is 24.5 Å². The minimum absolute atomic E-state index is 0.317. The molecular weight excluding hydrogens is 214 g/mol. The number of rotatable bonds is 1. The highest BCUT2D eigenvalue weighted by molar-refractivity contribution is 5.87. The van der Waals surface area contributed by atoms with Crippen molar-refractivity contribution in [1.29, 1.82) is 0 Å². The maximum Gasteiger partial charge on any atom is 0.141 e. The third kappa shape index (κ3) is 1.69. The molecule has 1 aromatic heterocycles. The summed E-state index contributed by atoms with van der Waals surface area (Å²) in [4.78, 5) is 0. The van der Waals surface area contributed by atoms with E-state index in [1.807, 2.05) is 13.1 Å². The number of nitrogens with zero attached hydrogens (tertiary/aromatic N) is 2. The fourth-order valence-electron chi connectivity index (χ4n) is 2.74. The predicted octanol–water partition coefficient (Wildman–Crippen LogP) is 1.75. The summed E-state index contributed by atoms with van der Waals surface area (Å²) >= 11 is 0. The Morgan fingerprint density at radius 2 is 2.12 bits per heavy atom. The van der Waals surface area contributed by atoms with Crippen LogP contribution in [-0.2, 0) is 7.05 Å². The Balaban J connectivity index is 2.13. The number of hydrogen-bond donors (Lipinski definition) is 2. The first-order valence-corrected chi connectivity index (χ1v) is 6.12. The van der Waals surface area contributed by atoms with Crippen molar-refractivity contribution in [1.82, 2.24) is 15.1 Å². The van der Waals surface area contributed by atoms with Gasteiger partial charge >= 0.3 is 0 Å². The number of aryl methyl sites for hydroxylation is 1. The number of piperidine rings is 1. The summed E-state index contributed by atoms with van der Waals surface area (Å²) < 4.78 is 1.79. The van der Waals surface area contributed by atoms with E-state index in [0.29, 0.717) is 11.7 Å². The molecular formula is C13H17N3O. The number of phenolic OH excluding ortho intramolecular Hbond substituents is 1. The zero-order chi connectivity index (χ0) is 11.8. The molecule has 0 bridgehead atoms. The summed E-state index contributed by atoms with van der Waals surface area (Å²) in [6.45, 7) is 2.11. The first-order chi connectivity index (χ1) is 8.27. The molecule has 1 aliphatic heterocycles. The Kier molecular flexibility index (Phi) is 2.52. The van der Waals surface area contributed by atoms with Gasteiger partial charge in [-0.2, -0.15) is 5.10 Å². The maximum absolute atomic E-state index is 9.89. The van der Waals surface area contributed by atoms with Gasteiger partial charge in [-0.25, -0.2) is 0 Å². The molecule has 0 spiro atoms. The molecule has 17 heavy (non-hydrogen) atoms. The van der Waals surface area contributed by atoms with Gasteiger partial charge in [0.05, 0.1) is 5.69 Å². The number of nitrogens with one attached hydrogen (secondary N) is 1. The molecule has 4 nitrogen and oxygen atoms in total. The molecule has 2 aromatic rings. The summed E-state index contributed by atoms with van der Waals surface area (Å²) in [6, 6.07) is 5.67. The van der Waals surface area contributed by atoms with Gasteiger partial charge in [0, 0.05) is 18.4 Å². The molecule has 0 atom stereocenters. The summed E-state index contributed by atoms with van der Waals surface area (Å²) in [6.07, 6.45) is 2.25. The van der Waals surface area contributed by atoms with E-state index in [-0.39, 0.29) is 0 Å². The van der Waals surface area contributed by atoms with Crippen LogP contribution in [0.2, 0.25) is 0 Å². The van der Waals surface area contributed by atoms with E-state index in [9.17, 15) is 5.11 Å². The minimum atomic E-state index is 0.317. The lowest BCUT2D eigenvalue weighted by molar-refractivity contribution is 0.451. The van der Waals surface area contributed by atoms with Crippen LogP contribution in [0.15, 0.2) is 18.2 Å². The second-order valence-corrected chi connectivity index (χ2v) is 4.71. The van der Waals surface area contributed by atoms with Gasteiger partial charge in [0.2, 0.25) is 0 Å². The molecule has 1 aromatic carbocycles. The minimum Gasteiger partial charge on any atom is -0.506 e. The van der Waals surface area contributed by atoms with Crippen LogP contribution < -0.4 is 5.32 Å². The smallest absolute Gasteiger partial charge is 0.141 e. The second kappa shape index (κ2) is 4.04. The zero-order valence-electron chi connectivity index (χ0n) is 9.98. The van der Waals surface area contributed by atoms with E-state index >= 15 is 0 Å². The van der Waals surface area contributed by atoms with Crippen LogP contribution in [0.4, 0.5) is 0 Å². The molecule has 0 amide bonds. The van der Waals surface area contributed by atoms with Gasteiger partial charge < -0.3 is 10.4 Å². The predicted molar refractivity (Wildman–Crippen MR) is 67.2 cm³/mol. The van der Waals surface area contributed by atoms with Crippen molar-refractivity contribution < 1.29 is 5.11 Å². The van der Waals surface area contributed by atoms with Crippen LogP contribution in [0.5, 0.6) is 5.75 Å². The quantitative estimate of drug-likeness (QED) is 0.786. The summed E-state index contributed by atoms with van der Waals surface area (Å²) in [5.74, 6) is 0.833. The topological polar surface area (TPSA) is 50.1 Å². The van der Waals surface area contributed by atoms with Crippen molar-refractivity contribution in [2.24, 2.45) is 7.05 Å². The monoisotopic (exact) mass is 231 g/mol. The first-order valence-electron chi connectivity index (χ1n) is 6.12. The SMILES string of the molecule is Cn1nc(C2CCNCC2)c2cccc(O)c21. The van der Waals surface area contributed by atoms with E-state index in [1.54, 1.807) is 10.7 Å². The number of phenols is 1. The molecule has 0 saturated carbocycles. The normalized spacial score (nSPS) is 17.7. The Morgan fingerprint density at radius 3 is 2.88 bits per heavy atom. The van der Waals surface area contributed by atoms with Crippen molar-refractivity contribution in [3.63, 3.8) is 0 Å². The van der Waals surface area contributed by atoms with Crippen molar-refractivity contribution in [3.05, 3.63) is 23.9 Å². The highest BCUT2D eigenvalue weighted by atomic mass is 16.3. The molecule has 2 heterocycles. The molecule has 2 N–H and O–H groups in total. The zero-order valence-corrected chi connectivity index (χ0v) is 9.98. The number of fused-ring (bicyclic) bond motifs is 1.